The number of phosphoric acid groups is 1. The van der Waals surface area contributed by atoms with Crippen LogP contribution in [0.4, 0.5) is 5.95 Å². The topological polar surface area (TPSA) is 206 Å². The maximum atomic E-state index is 11.8. The number of rotatable bonds is 4. The van der Waals surface area contributed by atoms with Crippen molar-refractivity contribution in [1.82, 2.24) is 19.5 Å². The molecule has 4 atom stereocenters. The largest absolute Gasteiger partial charge is 0.470 e. The first-order chi connectivity index (χ1) is 11.2. The van der Waals surface area contributed by atoms with Crippen molar-refractivity contribution in [3.8, 4) is 0 Å². The van der Waals surface area contributed by atoms with Gasteiger partial charge in [-0.15, -0.1) is 0 Å². The Morgan fingerprint density at radius 1 is 1.48 bits per heavy atom. The number of aromatic nitrogens is 4. The van der Waals surface area contributed by atoms with E-state index in [1.165, 1.54) is 0 Å². The van der Waals surface area contributed by atoms with Crippen molar-refractivity contribution in [3.05, 3.63) is 16.7 Å². The van der Waals surface area contributed by atoms with Gasteiger partial charge in [0.05, 0.1) is 12.9 Å². The minimum absolute atomic E-state index is 0. The van der Waals surface area contributed by atoms with Crippen LogP contribution in [0, 0.1) is 0 Å². The van der Waals surface area contributed by atoms with E-state index in [1.807, 2.05) is 0 Å². The molecule has 0 aromatic carbocycles. The molecule has 2 aromatic rings. The summed E-state index contributed by atoms with van der Waals surface area (Å²) in [6, 6.07) is 0. The average molecular weight is 386 g/mol. The molecule has 0 spiro atoms. The quantitative estimate of drug-likeness (QED) is 0.231. The van der Waals surface area contributed by atoms with Crippen LogP contribution in [0.3, 0.4) is 0 Å². The summed E-state index contributed by atoms with van der Waals surface area (Å²) in [6.45, 7) is -0.666. The minimum atomic E-state index is -4.94. The van der Waals surface area contributed by atoms with Gasteiger partial charge in [0, 0.05) is 29.6 Å². The standard InChI is InChI=1S/C10H14N5O8P.Na/c11-10-13-7-4(8(18)14-10)12-2-15(7)9-5(17)6(3(1-16)22-9)23-24(19,20)21;/h2-3,5-6,9,16-17H,1H2,(H2,19,20,21)(H3,11,13,14,18);/t3-,5-,6-,9-;/m1./s1. The van der Waals surface area contributed by atoms with Crippen molar-refractivity contribution in [3.63, 3.8) is 0 Å². The number of fused-ring (bicyclic) bond motifs is 1. The molecule has 15 heteroatoms. The van der Waals surface area contributed by atoms with E-state index in [2.05, 4.69) is 19.5 Å². The van der Waals surface area contributed by atoms with Gasteiger partial charge < -0.3 is 30.5 Å². The summed E-state index contributed by atoms with van der Waals surface area (Å²) in [5.74, 6) is -0.191. The fourth-order valence-electron chi connectivity index (χ4n) is 2.51. The SMILES string of the molecule is Nc1nc2c(ncn2[C@@H]2O[C@H](CO)[C@@H](OP(=O)(O)O)[C@H]2O)c(=O)[nH]1.[Na]. The maximum absolute atomic E-state index is 11.8. The predicted octanol–water partition coefficient (Wildman–Crippen LogP) is -2.95. The molecule has 0 unspecified atom stereocenters. The number of hydrogen-bond acceptors (Lipinski definition) is 9. The molecule has 1 aliphatic heterocycles. The molecule has 3 heterocycles. The zero-order valence-electron chi connectivity index (χ0n) is 12.9. The Morgan fingerprint density at radius 3 is 2.76 bits per heavy atom. The van der Waals surface area contributed by atoms with Crippen molar-refractivity contribution in [1.29, 1.82) is 0 Å². The van der Waals surface area contributed by atoms with E-state index in [4.69, 9.17) is 20.3 Å². The fraction of sp³-hybridized carbons (Fsp3) is 0.500. The summed E-state index contributed by atoms with van der Waals surface area (Å²) in [6.07, 6.45) is -4.40. The van der Waals surface area contributed by atoms with Gasteiger partial charge in [-0.3, -0.25) is 18.9 Å². The Labute approximate surface area is 161 Å². The van der Waals surface area contributed by atoms with Crippen LogP contribution >= 0.6 is 7.82 Å². The smallest absolute Gasteiger partial charge is 0.394 e. The van der Waals surface area contributed by atoms with Gasteiger partial charge in [-0.1, -0.05) is 0 Å². The number of nitrogens with one attached hydrogen (secondary N) is 1. The van der Waals surface area contributed by atoms with Gasteiger partial charge in [-0.25, -0.2) is 9.55 Å². The summed E-state index contributed by atoms with van der Waals surface area (Å²) in [4.78, 5) is 39.6. The molecule has 0 amide bonds. The molecular weight excluding hydrogens is 372 g/mol. The fourth-order valence-corrected chi connectivity index (χ4v) is 3.09. The number of anilines is 1. The Morgan fingerprint density at radius 2 is 2.16 bits per heavy atom. The van der Waals surface area contributed by atoms with Gasteiger partial charge in [0.15, 0.2) is 17.4 Å². The second-order valence-corrected chi connectivity index (χ2v) is 6.27. The first-order valence-electron chi connectivity index (χ1n) is 6.62. The number of hydrogen-bond donors (Lipinski definition) is 6. The van der Waals surface area contributed by atoms with Gasteiger partial charge in [0.2, 0.25) is 5.95 Å². The number of nitrogens with two attached hydrogens (primary N) is 1. The molecule has 0 aliphatic carbocycles. The molecule has 1 fully saturated rings. The first kappa shape index (κ1) is 20.5. The number of aliphatic hydroxyl groups is 2. The van der Waals surface area contributed by atoms with Crippen molar-refractivity contribution in [2.45, 2.75) is 24.5 Å². The van der Waals surface area contributed by atoms with E-state index >= 15 is 0 Å². The summed E-state index contributed by atoms with van der Waals surface area (Å²) in [5, 5.41) is 19.6. The van der Waals surface area contributed by atoms with E-state index < -0.39 is 44.5 Å². The Kier molecular flexibility index (Phi) is 6.06. The van der Waals surface area contributed by atoms with E-state index in [0.29, 0.717) is 0 Å². The molecule has 1 radical (unpaired) electrons. The molecule has 2 aromatic heterocycles. The van der Waals surface area contributed by atoms with E-state index in [-0.39, 0.29) is 46.7 Å². The molecule has 133 valence electrons. The summed E-state index contributed by atoms with van der Waals surface area (Å²) in [5.41, 5.74) is 4.79. The predicted molar refractivity (Wildman–Crippen MR) is 82.2 cm³/mol. The second kappa shape index (κ2) is 7.40. The van der Waals surface area contributed by atoms with Crippen LogP contribution in [0.2, 0.25) is 0 Å². The van der Waals surface area contributed by atoms with Crippen LogP contribution in [-0.4, -0.2) is 94.0 Å². The first-order valence-corrected chi connectivity index (χ1v) is 8.15. The summed E-state index contributed by atoms with van der Waals surface area (Å²) < 4.78 is 22.0. The number of imidazole rings is 1. The average Bonchev–Trinajstić information content (AvgIpc) is 3.00. The van der Waals surface area contributed by atoms with E-state index in [9.17, 15) is 19.6 Å². The van der Waals surface area contributed by atoms with Crippen molar-refractivity contribution in [2.75, 3.05) is 12.3 Å². The van der Waals surface area contributed by atoms with Crippen LogP contribution in [0.25, 0.3) is 11.2 Å². The zero-order chi connectivity index (χ0) is 17.6. The number of aliphatic hydroxyl groups excluding tert-OH is 2. The minimum Gasteiger partial charge on any atom is -0.394 e. The van der Waals surface area contributed by atoms with E-state index in [0.717, 1.165) is 10.9 Å². The molecule has 0 bridgehead atoms. The molecule has 0 saturated carbocycles. The Hall–Kier alpha value is -0.860. The number of nitrogen functional groups attached to an aromatic ring is 1. The Balaban J connectivity index is 0.00000225. The van der Waals surface area contributed by atoms with Gasteiger partial charge in [0.1, 0.15) is 18.3 Å². The van der Waals surface area contributed by atoms with Crippen LogP contribution < -0.4 is 11.3 Å². The van der Waals surface area contributed by atoms with Gasteiger partial charge in [-0.2, -0.15) is 4.98 Å². The van der Waals surface area contributed by atoms with Crippen LogP contribution in [-0.2, 0) is 13.8 Å². The Bertz CT molecular complexity index is 867. The zero-order valence-corrected chi connectivity index (χ0v) is 15.8. The maximum Gasteiger partial charge on any atom is 0.470 e. The van der Waals surface area contributed by atoms with Crippen molar-refractivity contribution < 1.29 is 33.8 Å². The van der Waals surface area contributed by atoms with Crippen LogP contribution in [0.5, 0.6) is 0 Å². The molecule has 3 rings (SSSR count). The van der Waals surface area contributed by atoms with E-state index in [1.54, 1.807) is 0 Å². The number of aromatic amines is 1. The summed E-state index contributed by atoms with van der Waals surface area (Å²) in [7, 11) is -4.94. The third kappa shape index (κ3) is 3.95. The van der Waals surface area contributed by atoms with Crippen LogP contribution in [0.15, 0.2) is 11.1 Å². The van der Waals surface area contributed by atoms with Crippen molar-refractivity contribution >= 4 is 54.5 Å². The van der Waals surface area contributed by atoms with Crippen molar-refractivity contribution in [2.24, 2.45) is 0 Å². The van der Waals surface area contributed by atoms with Gasteiger partial charge in [0.25, 0.3) is 5.56 Å². The molecule has 13 nitrogen and oxygen atoms in total. The number of ether oxygens (including phenoxy) is 1. The number of H-pyrrole nitrogens is 1. The molecular formula is C10H14N5NaO8P. The molecule has 25 heavy (non-hydrogen) atoms. The molecule has 7 N–H and O–H groups in total. The normalized spacial score (nSPS) is 26.7. The van der Waals surface area contributed by atoms with Gasteiger partial charge >= 0.3 is 7.82 Å². The molecule has 1 saturated heterocycles. The van der Waals surface area contributed by atoms with Gasteiger partial charge in [-0.05, 0) is 0 Å². The molecule has 1 aliphatic rings. The third-order valence-corrected chi connectivity index (χ3v) is 3.99. The van der Waals surface area contributed by atoms with Crippen LogP contribution in [0.1, 0.15) is 6.23 Å². The third-order valence-electron chi connectivity index (χ3n) is 3.47. The monoisotopic (exact) mass is 386 g/mol. The number of phosphoric ester groups is 1. The second-order valence-electron chi connectivity index (χ2n) is 5.07. The number of nitrogens with zero attached hydrogens (tertiary/aromatic N) is 3. The summed E-state index contributed by atoms with van der Waals surface area (Å²) >= 11 is 0.